The van der Waals surface area contributed by atoms with Crippen LogP contribution in [-0.4, -0.2) is 32.7 Å². The SMILES string of the molecule is CC(C)(C)OC(=O)Nc1nc(-c2cccc(C(=O)O)n2)cs1. The Kier molecular flexibility index (Phi) is 4.41. The van der Waals surface area contributed by atoms with Crippen molar-refractivity contribution in [3.05, 3.63) is 29.3 Å². The number of aromatic carboxylic acids is 1. The van der Waals surface area contributed by atoms with Crippen LogP contribution in [0.5, 0.6) is 0 Å². The van der Waals surface area contributed by atoms with Crippen LogP contribution in [0.2, 0.25) is 0 Å². The Labute approximate surface area is 131 Å². The second-order valence-corrected chi connectivity index (χ2v) is 6.24. The van der Waals surface area contributed by atoms with Gasteiger partial charge in [0.25, 0.3) is 0 Å². The third-order valence-corrected chi connectivity index (χ3v) is 3.10. The molecule has 0 saturated heterocycles. The van der Waals surface area contributed by atoms with Gasteiger partial charge in [0.1, 0.15) is 17.0 Å². The number of thiazole rings is 1. The number of hydrogen-bond acceptors (Lipinski definition) is 6. The van der Waals surface area contributed by atoms with Gasteiger partial charge in [-0.15, -0.1) is 11.3 Å². The van der Waals surface area contributed by atoms with E-state index in [9.17, 15) is 9.59 Å². The number of anilines is 1. The molecule has 2 rings (SSSR count). The molecule has 1 amide bonds. The zero-order valence-corrected chi connectivity index (χ0v) is 13.1. The molecule has 2 N–H and O–H groups in total. The number of nitrogens with one attached hydrogen (secondary N) is 1. The maximum absolute atomic E-state index is 11.7. The van der Waals surface area contributed by atoms with Gasteiger partial charge in [0, 0.05) is 5.38 Å². The van der Waals surface area contributed by atoms with Crippen molar-refractivity contribution >= 4 is 28.5 Å². The van der Waals surface area contributed by atoms with Crippen molar-refractivity contribution in [1.82, 2.24) is 9.97 Å². The highest BCUT2D eigenvalue weighted by molar-refractivity contribution is 7.14. The van der Waals surface area contributed by atoms with Crippen molar-refractivity contribution in [1.29, 1.82) is 0 Å². The fraction of sp³-hybridized carbons (Fsp3) is 0.286. The molecule has 0 spiro atoms. The molecule has 0 aliphatic heterocycles. The smallest absolute Gasteiger partial charge is 0.413 e. The Morgan fingerprint density at radius 3 is 2.59 bits per heavy atom. The molecule has 0 bridgehead atoms. The average Bonchev–Trinajstić information content (AvgIpc) is 2.85. The molecular formula is C14H15N3O4S. The molecule has 0 unspecified atom stereocenters. The molecule has 0 fully saturated rings. The summed E-state index contributed by atoms with van der Waals surface area (Å²) in [5.41, 5.74) is 0.251. The molecule has 0 aliphatic rings. The Bertz CT molecular complexity index is 706. The summed E-state index contributed by atoms with van der Waals surface area (Å²) < 4.78 is 5.13. The van der Waals surface area contributed by atoms with Crippen molar-refractivity contribution in [3.8, 4) is 11.4 Å². The highest BCUT2D eigenvalue weighted by Gasteiger charge is 2.17. The van der Waals surface area contributed by atoms with Crippen LogP contribution in [0.15, 0.2) is 23.6 Å². The number of pyridine rings is 1. The predicted molar refractivity (Wildman–Crippen MR) is 82.2 cm³/mol. The molecule has 7 nitrogen and oxygen atoms in total. The Balaban J connectivity index is 2.13. The van der Waals surface area contributed by atoms with E-state index in [-0.39, 0.29) is 5.69 Å². The topological polar surface area (TPSA) is 101 Å². The van der Waals surface area contributed by atoms with Gasteiger partial charge in [-0.25, -0.2) is 19.6 Å². The first-order chi connectivity index (χ1) is 10.2. The third-order valence-electron chi connectivity index (χ3n) is 2.34. The first kappa shape index (κ1) is 15.9. The van der Waals surface area contributed by atoms with Crippen LogP contribution >= 0.6 is 11.3 Å². The van der Waals surface area contributed by atoms with Crippen LogP contribution in [-0.2, 0) is 4.74 Å². The predicted octanol–water partition coefficient (Wildman–Crippen LogP) is 3.25. The monoisotopic (exact) mass is 321 g/mol. The molecule has 0 radical (unpaired) electrons. The summed E-state index contributed by atoms with van der Waals surface area (Å²) in [5, 5.41) is 13.5. The van der Waals surface area contributed by atoms with Crippen LogP contribution in [0.3, 0.4) is 0 Å². The number of nitrogens with zero attached hydrogens (tertiary/aromatic N) is 2. The number of ether oxygens (including phenoxy) is 1. The molecule has 0 atom stereocenters. The number of hydrogen-bond donors (Lipinski definition) is 2. The van der Waals surface area contributed by atoms with Gasteiger partial charge in [-0.2, -0.15) is 0 Å². The van der Waals surface area contributed by atoms with Crippen LogP contribution < -0.4 is 5.32 Å². The van der Waals surface area contributed by atoms with Gasteiger partial charge < -0.3 is 9.84 Å². The summed E-state index contributed by atoms with van der Waals surface area (Å²) in [7, 11) is 0. The summed E-state index contributed by atoms with van der Waals surface area (Å²) in [5.74, 6) is -1.11. The van der Waals surface area contributed by atoms with E-state index in [1.807, 2.05) is 0 Å². The number of carbonyl (C=O) groups is 2. The lowest BCUT2D eigenvalue weighted by Gasteiger charge is -2.18. The molecular weight excluding hydrogens is 306 g/mol. The lowest BCUT2D eigenvalue weighted by atomic mass is 10.2. The van der Waals surface area contributed by atoms with Crippen LogP contribution in [0.4, 0.5) is 9.93 Å². The molecule has 0 saturated carbocycles. The zero-order chi connectivity index (χ0) is 16.3. The van der Waals surface area contributed by atoms with E-state index < -0.39 is 17.7 Å². The number of rotatable bonds is 3. The minimum absolute atomic E-state index is 0.0628. The Morgan fingerprint density at radius 2 is 1.95 bits per heavy atom. The van der Waals surface area contributed by atoms with Gasteiger partial charge >= 0.3 is 12.1 Å². The summed E-state index contributed by atoms with van der Waals surface area (Å²) in [6.45, 7) is 5.30. The summed E-state index contributed by atoms with van der Waals surface area (Å²) in [6, 6.07) is 4.64. The summed E-state index contributed by atoms with van der Waals surface area (Å²) in [4.78, 5) is 30.8. The van der Waals surface area contributed by atoms with Crippen molar-refractivity contribution in [2.75, 3.05) is 5.32 Å². The molecule has 0 aliphatic carbocycles. The number of aromatic nitrogens is 2. The molecule has 116 valence electrons. The molecule has 8 heteroatoms. The second-order valence-electron chi connectivity index (χ2n) is 5.38. The fourth-order valence-electron chi connectivity index (χ4n) is 1.54. The first-order valence-corrected chi connectivity index (χ1v) is 7.29. The summed E-state index contributed by atoms with van der Waals surface area (Å²) in [6.07, 6.45) is -0.597. The van der Waals surface area contributed by atoms with Gasteiger partial charge in [0.2, 0.25) is 0 Å². The lowest BCUT2D eigenvalue weighted by molar-refractivity contribution is 0.0634. The average molecular weight is 321 g/mol. The van der Waals surface area contributed by atoms with Crippen LogP contribution in [0, 0.1) is 0 Å². The van der Waals surface area contributed by atoms with E-state index in [1.165, 1.54) is 17.4 Å². The van der Waals surface area contributed by atoms with Crippen molar-refractivity contribution in [2.24, 2.45) is 0 Å². The standard InChI is InChI=1S/C14H15N3O4S/c1-14(2,3)21-13(20)17-12-16-10(7-22-12)8-5-4-6-9(15-8)11(18)19/h4-7H,1-3H3,(H,18,19)(H,16,17,20). The van der Waals surface area contributed by atoms with E-state index in [0.29, 0.717) is 16.5 Å². The van der Waals surface area contributed by atoms with E-state index in [0.717, 1.165) is 0 Å². The van der Waals surface area contributed by atoms with Gasteiger partial charge in [-0.1, -0.05) is 6.07 Å². The Hall–Kier alpha value is -2.48. The second kappa shape index (κ2) is 6.10. The van der Waals surface area contributed by atoms with Crippen molar-refractivity contribution in [2.45, 2.75) is 26.4 Å². The van der Waals surface area contributed by atoms with Gasteiger partial charge in [0.15, 0.2) is 5.13 Å². The first-order valence-electron chi connectivity index (χ1n) is 6.41. The maximum atomic E-state index is 11.7. The molecule has 2 aromatic rings. The molecule has 0 aromatic carbocycles. The third kappa shape index (κ3) is 4.26. The van der Waals surface area contributed by atoms with E-state index in [4.69, 9.17) is 9.84 Å². The highest BCUT2D eigenvalue weighted by Crippen LogP contribution is 2.24. The largest absolute Gasteiger partial charge is 0.477 e. The van der Waals surface area contributed by atoms with Gasteiger partial charge in [-0.3, -0.25) is 5.32 Å². The van der Waals surface area contributed by atoms with Crippen LogP contribution in [0.1, 0.15) is 31.3 Å². The maximum Gasteiger partial charge on any atom is 0.413 e. The Morgan fingerprint density at radius 1 is 1.23 bits per heavy atom. The van der Waals surface area contributed by atoms with Gasteiger partial charge in [-0.05, 0) is 32.9 Å². The van der Waals surface area contributed by atoms with Crippen molar-refractivity contribution < 1.29 is 19.4 Å². The number of carbonyl (C=O) groups excluding carboxylic acids is 1. The number of amides is 1. The van der Waals surface area contributed by atoms with E-state index in [2.05, 4.69) is 15.3 Å². The van der Waals surface area contributed by atoms with Crippen molar-refractivity contribution in [3.63, 3.8) is 0 Å². The zero-order valence-electron chi connectivity index (χ0n) is 12.3. The normalized spacial score (nSPS) is 11.0. The molecule has 2 aromatic heterocycles. The molecule has 22 heavy (non-hydrogen) atoms. The van der Waals surface area contributed by atoms with Crippen LogP contribution in [0.25, 0.3) is 11.4 Å². The summed E-state index contributed by atoms with van der Waals surface area (Å²) >= 11 is 1.20. The number of carboxylic acids is 1. The highest BCUT2D eigenvalue weighted by atomic mass is 32.1. The minimum atomic E-state index is -1.11. The fourth-order valence-corrected chi connectivity index (χ4v) is 2.23. The van der Waals surface area contributed by atoms with E-state index >= 15 is 0 Å². The minimum Gasteiger partial charge on any atom is -0.477 e. The quantitative estimate of drug-likeness (QED) is 0.899. The number of carboxylic acid groups (broad SMARTS) is 1. The molecule has 2 heterocycles. The van der Waals surface area contributed by atoms with Gasteiger partial charge in [0.05, 0.1) is 5.69 Å². The lowest BCUT2D eigenvalue weighted by Crippen LogP contribution is -2.27. The van der Waals surface area contributed by atoms with E-state index in [1.54, 1.807) is 38.3 Å².